The summed E-state index contributed by atoms with van der Waals surface area (Å²) in [6.45, 7) is 0. The number of nitrogens with zero attached hydrogens (tertiary/aromatic N) is 2. The molecule has 0 spiro atoms. The Bertz CT molecular complexity index is 1020. The van der Waals surface area contributed by atoms with E-state index in [9.17, 15) is 0 Å². The number of ether oxygens (including phenoxy) is 1. The minimum Gasteiger partial charge on any atom is -0.497 e. The summed E-state index contributed by atoms with van der Waals surface area (Å²) in [6, 6.07) is 25.6. The van der Waals surface area contributed by atoms with Gasteiger partial charge in [0.15, 0.2) is 0 Å². The van der Waals surface area contributed by atoms with E-state index >= 15 is 0 Å². The van der Waals surface area contributed by atoms with Crippen molar-refractivity contribution in [3.63, 3.8) is 0 Å². The number of rotatable bonds is 5. The van der Waals surface area contributed by atoms with Crippen molar-refractivity contribution in [1.29, 1.82) is 0 Å². The van der Waals surface area contributed by atoms with Crippen LogP contribution in [0.5, 0.6) is 5.75 Å². The van der Waals surface area contributed by atoms with Crippen molar-refractivity contribution >= 4 is 34.0 Å². The number of para-hydroxylation sites is 2. The number of methoxy groups -OCH3 is 1. The fourth-order valence-corrected chi connectivity index (χ4v) is 2.69. The van der Waals surface area contributed by atoms with Gasteiger partial charge in [-0.25, -0.2) is 4.98 Å². The third-order valence-corrected chi connectivity index (χ3v) is 3.99. The van der Waals surface area contributed by atoms with Crippen LogP contribution in [0.3, 0.4) is 0 Å². The molecule has 128 valence electrons. The third kappa shape index (κ3) is 3.42. The van der Waals surface area contributed by atoms with Gasteiger partial charge in [-0.05, 0) is 48.5 Å². The summed E-state index contributed by atoms with van der Waals surface area (Å²) in [4.78, 5) is 9.29. The van der Waals surface area contributed by atoms with E-state index in [1.807, 2.05) is 78.9 Å². The fourth-order valence-electron chi connectivity index (χ4n) is 2.69. The normalized spacial score (nSPS) is 10.5. The van der Waals surface area contributed by atoms with Crippen LogP contribution in [0.15, 0.2) is 78.9 Å². The molecule has 5 heteroatoms. The van der Waals surface area contributed by atoms with E-state index in [4.69, 9.17) is 4.74 Å². The number of fused-ring (bicyclic) bond motifs is 1. The molecule has 0 aliphatic heterocycles. The molecule has 0 fully saturated rings. The molecule has 0 atom stereocenters. The maximum atomic E-state index is 5.21. The first kappa shape index (κ1) is 15.9. The van der Waals surface area contributed by atoms with Gasteiger partial charge in [0.2, 0.25) is 5.95 Å². The standard InChI is InChI=1S/C21H18N4O/c1-26-17-13-11-16(12-14-17)22-20-18-9-5-6-10-19(18)24-21(25-20)23-15-7-3-2-4-8-15/h2-14H,1H3,(H2,22,23,24,25). The molecule has 5 nitrogen and oxygen atoms in total. The summed E-state index contributed by atoms with van der Waals surface area (Å²) in [6.07, 6.45) is 0. The van der Waals surface area contributed by atoms with Gasteiger partial charge in [0.25, 0.3) is 0 Å². The number of nitrogens with one attached hydrogen (secondary N) is 2. The monoisotopic (exact) mass is 342 g/mol. The summed E-state index contributed by atoms with van der Waals surface area (Å²) in [5, 5.41) is 7.60. The molecule has 0 saturated heterocycles. The van der Waals surface area contributed by atoms with E-state index in [0.717, 1.165) is 33.8 Å². The third-order valence-electron chi connectivity index (χ3n) is 3.99. The minimum atomic E-state index is 0.547. The van der Waals surface area contributed by atoms with Crippen molar-refractivity contribution in [2.24, 2.45) is 0 Å². The topological polar surface area (TPSA) is 59.1 Å². The van der Waals surface area contributed by atoms with Gasteiger partial charge in [-0.2, -0.15) is 4.98 Å². The van der Waals surface area contributed by atoms with E-state index < -0.39 is 0 Å². The maximum Gasteiger partial charge on any atom is 0.229 e. The Kier molecular flexibility index (Phi) is 4.35. The van der Waals surface area contributed by atoms with Crippen LogP contribution in [0.25, 0.3) is 10.9 Å². The number of anilines is 4. The zero-order valence-electron chi connectivity index (χ0n) is 14.3. The zero-order chi connectivity index (χ0) is 17.8. The molecule has 0 unspecified atom stereocenters. The van der Waals surface area contributed by atoms with E-state index in [0.29, 0.717) is 5.95 Å². The predicted molar refractivity (Wildman–Crippen MR) is 106 cm³/mol. The van der Waals surface area contributed by atoms with E-state index in [-0.39, 0.29) is 0 Å². The SMILES string of the molecule is COc1ccc(Nc2nc(Nc3ccccc3)nc3ccccc23)cc1. The lowest BCUT2D eigenvalue weighted by Gasteiger charge is -2.12. The molecule has 0 saturated carbocycles. The minimum absolute atomic E-state index is 0.547. The predicted octanol–water partition coefficient (Wildman–Crippen LogP) is 5.13. The number of aromatic nitrogens is 2. The highest BCUT2D eigenvalue weighted by Crippen LogP contribution is 2.27. The quantitative estimate of drug-likeness (QED) is 0.527. The molecule has 0 radical (unpaired) electrons. The van der Waals surface area contributed by atoms with Crippen LogP contribution < -0.4 is 15.4 Å². The van der Waals surface area contributed by atoms with Crippen LogP contribution in [-0.4, -0.2) is 17.1 Å². The average molecular weight is 342 g/mol. The van der Waals surface area contributed by atoms with Crippen molar-refractivity contribution < 1.29 is 4.74 Å². The Balaban J connectivity index is 1.71. The molecule has 0 aliphatic carbocycles. The van der Waals surface area contributed by atoms with Crippen molar-refractivity contribution in [2.75, 3.05) is 17.7 Å². The molecular formula is C21H18N4O. The number of benzene rings is 3. The first-order valence-corrected chi connectivity index (χ1v) is 8.32. The molecule has 4 aromatic rings. The van der Waals surface area contributed by atoms with Gasteiger partial charge in [-0.1, -0.05) is 30.3 Å². The van der Waals surface area contributed by atoms with Gasteiger partial charge in [-0.3, -0.25) is 0 Å². The van der Waals surface area contributed by atoms with E-state index in [2.05, 4.69) is 20.6 Å². The smallest absolute Gasteiger partial charge is 0.229 e. The lowest BCUT2D eigenvalue weighted by Crippen LogP contribution is -2.02. The Morgan fingerprint density at radius 3 is 2.15 bits per heavy atom. The van der Waals surface area contributed by atoms with Crippen LogP contribution >= 0.6 is 0 Å². The number of hydrogen-bond donors (Lipinski definition) is 2. The second-order valence-corrected chi connectivity index (χ2v) is 5.76. The molecular weight excluding hydrogens is 324 g/mol. The Hall–Kier alpha value is -3.60. The summed E-state index contributed by atoms with van der Waals surface area (Å²) in [5.74, 6) is 2.11. The summed E-state index contributed by atoms with van der Waals surface area (Å²) in [5.41, 5.74) is 2.75. The van der Waals surface area contributed by atoms with Crippen LogP contribution in [-0.2, 0) is 0 Å². The largest absolute Gasteiger partial charge is 0.497 e. The summed E-state index contributed by atoms with van der Waals surface area (Å²) in [7, 11) is 1.65. The van der Waals surface area contributed by atoms with Gasteiger partial charge in [0.1, 0.15) is 11.6 Å². The highest BCUT2D eigenvalue weighted by atomic mass is 16.5. The van der Waals surface area contributed by atoms with Gasteiger partial charge in [0.05, 0.1) is 12.6 Å². The average Bonchev–Trinajstić information content (AvgIpc) is 2.69. The van der Waals surface area contributed by atoms with Crippen molar-refractivity contribution in [1.82, 2.24) is 9.97 Å². The lowest BCUT2D eigenvalue weighted by atomic mass is 10.2. The summed E-state index contributed by atoms with van der Waals surface area (Å²) >= 11 is 0. The first-order valence-electron chi connectivity index (χ1n) is 8.32. The van der Waals surface area contributed by atoms with Crippen molar-refractivity contribution in [3.05, 3.63) is 78.9 Å². The van der Waals surface area contributed by atoms with E-state index in [1.165, 1.54) is 0 Å². The second-order valence-electron chi connectivity index (χ2n) is 5.76. The molecule has 4 rings (SSSR count). The van der Waals surface area contributed by atoms with Crippen molar-refractivity contribution in [3.8, 4) is 5.75 Å². The fraction of sp³-hybridized carbons (Fsp3) is 0.0476. The molecule has 1 heterocycles. The highest BCUT2D eigenvalue weighted by Gasteiger charge is 2.08. The molecule has 2 N–H and O–H groups in total. The van der Waals surface area contributed by atoms with Gasteiger partial charge < -0.3 is 15.4 Å². The van der Waals surface area contributed by atoms with Gasteiger partial charge in [-0.15, -0.1) is 0 Å². The Morgan fingerprint density at radius 2 is 1.38 bits per heavy atom. The second kappa shape index (κ2) is 7.11. The highest BCUT2D eigenvalue weighted by molar-refractivity contribution is 5.92. The van der Waals surface area contributed by atoms with Crippen LogP contribution in [0.4, 0.5) is 23.1 Å². The van der Waals surface area contributed by atoms with Crippen LogP contribution in [0.2, 0.25) is 0 Å². The zero-order valence-corrected chi connectivity index (χ0v) is 14.3. The molecule has 0 bridgehead atoms. The van der Waals surface area contributed by atoms with Gasteiger partial charge >= 0.3 is 0 Å². The molecule has 0 amide bonds. The van der Waals surface area contributed by atoms with Crippen molar-refractivity contribution in [2.45, 2.75) is 0 Å². The molecule has 0 aliphatic rings. The van der Waals surface area contributed by atoms with Crippen LogP contribution in [0.1, 0.15) is 0 Å². The molecule has 3 aromatic carbocycles. The maximum absolute atomic E-state index is 5.21. The molecule has 1 aromatic heterocycles. The van der Waals surface area contributed by atoms with Crippen LogP contribution in [0, 0.1) is 0 Å². The Labute approximate surface area is 151 Å². The molecule has 26 heavy (non-hydrogen) atoms. The van der Waals surface area contributed by atoms with Gasteiger partial charge in [0, 0.05) is 16.8 Å². The van der Waals surface area contributed by atoms with E-state index in [1.54, 1.807) is 7.11 Å². The lowest BCUT2D eigenvalue weighted by molar-refractivity contribution is 0.415. The first-order chi connectivity index (χ1) is 12.8. The number of hydrogen-bond acceptors (Lipinski definition) is 5. The summed E-state index contributed by atoms with van der Waals surface area (Å²) < 4.78 is 5.21. The Morgan fingerprint density at radius 1 is 0.692 bits per heavy atom.